The van der Waals surface area contributed by atoms with Gasteiger partial charge in [0.1, 0.15) is 5.82 Å². The van der Waals surface area contributed by atoms with E-state index < -0.39 is 0 Å². The fourth-order valence-electron chi connectivity index (χ4n) is 4.40. The molecule has 0 radical (unpaired) electrons. The highest BCUT2D eigenvalue weighted by Crippen LogP contribution is 2.30. The number of benzene rings is 1. The highest BCUT2D eigenvalue weighted by Gasteiger charge is 2.26. The lowest BCUT2D eigenvalue weighted by Gasteiger charge is -2.17. The third-order valence-electron chi connectivity index (χ3n) is 5.76. The van der Waals surface area contributed by atoms with E-state index >= 15 is 0 Å². The van der Waals surface area contributed by atoms with Crippen LogP contribution in [0.4, 0.5) is 10.8 Å². The molecule has 3 aromatic heterocycles. The van der Waals surface area contributed by atoms with Crippen molar-refractivity contribution in [1.82, 2.24) is 24.4 Å². The van der Waals surface area contributed by atoms with E-state index in [9.17, 15) is 0 Å². The first-order valence-electron chi connectivity index (χ1n) is 10.5. The molecule has 1 aliphatic rings. The summed E-state index contributed by atoms with van der Waals surface area (Å²) in [5, 5.41) is 6.31. The second-order valence-corrected chi connectivity index (χ2v) is 8.76. The molecule has 0 amide bonds. The van der Waals surface area contributed by atoms with Crippen molar-refractivity contribution >= 4 is 33.2 Å². The van der Waals surface area contributed by atoms with Crippen molar-refractivity contribution in [1.29, 1.82) is 0 Å². The summed E-state index contributed by atoms with van der Waals surface area (Å²) in [5.74, 6) is 1.60. The van der Waals surface area contributed by atoms with E-state index in [2.05, 4.69) is 70.0 Å². The minimum Gasteiger partial charge on any atom is -0.331 e. The van der Waals surface area contributed by atoms with Crippen LogP contribution >= 0.6 is 11.3 Å². The van der Waals surface area contributed by atoms with Crippen molar-refractivity contribution in [3.63, 3.8) is 0 Å². The number of fused-ring (bicyclic) bond motifs is 1. The van der Waals surface area contributed by atoms with Crippen LogP contribution < -0.4 is 5.32 Å². The topological polar surface area (TPSA) is 58.9 Å². The molecule has 1 atom stereocenters. The molecule has 1 saturated heterocycles. The van der Waals surface area contributed by atoms with Gasteiger partial charge in [-0.2, -0.15) is 0 Å². The van der Waals surface area contributed by atoms with Crippen molar-refractivity contribution < 1.29 is 0 Å². The van der Waals surface area contributed by atoms with Crippen LogP contribution in [0.3, 0.4) is 0 Å². The van der Waals surface area contributed by atoms with Crippen LogP contribution in [0.1, 0.15) is 36.5 Å². The molecule has 154 valence electrons. The van der Waals surface area contributed by atoms with E-state index in [0.29, 0.717) is 5.92 Å². The third-order valence-corrected chi connectivity index (χ3v) is 6.45. The lowest BCUT2D eigenvalue weighted by molar-refractivity contribution is 0.313. The number of thiazole rings is 1. The maximum atomic E-state index is 4.90. The van der Waals surface area contributed by atoms with Gasteiger partial charge >= 0.3 is 0 Å². The second kappa shape index (κ2) is 8.16. The first kappa shape index (κ1) is 19.2. The Morgan fingerprint density at radius 2 is 2.10 bits per heavy atom. The van der Waals surface area contributed by atoms with E-state index in [-0.39, 0.29) is 0 Å². The first-order chi connectivity index (χ1) is 14.7. The molecular weight excluding hydrogens is 392 g/mol. The van der Waals surface area contributed by atoms with E-state index in [1.807, 2.05) is 11.6 Å². The van der Waals surface area contributed by atoms with Gasteiger partial charge in [-0.1, -0.05) is 12.1 Å². The number of nitrogens with zero attached hydrogens (tertiary/aromatic N) is 5. The molecule has 1 N–H and O–H groups in total. The number of aromatic nitrogens is 4. The normalized spacial score (nSPS) is 17.1. The predicted molar refractivity (Wildman–Crippen MR) is 122 cm³/mol. The summed E-state index contributed by atoms with van der Waals surface area (Å²) in [4.78, 5) is 16.6. The van der Waals surface area contributed by atoms with Gasteiger partial charge in [0.25, 0.3) is 0 Å². The summed E-state index contributed by atoms with van der Waals surface area (Å²) in [7, 11) is 0. The maximum Gasteiger partial charge on any atom is 0.187 e. The van der Waals surface area contributed by atoms with Gasteiger partial charge in [-0.25, -0.2) is 9.97 Å². The number of hydrogen-bond donors (Lipinski definition) is 1. The van der Waals surface area contributed by atoms with Crippen LogP contribution in [-0.2, 0) is 13.1 Å². The third kappa shape index (κ3) is 3.82. The van der Waals surface area contributed by atoms with E-state index in [4.69, 9.17) is 9.97 Å². The Kier molecular flexibility index (Phi) is 5.23. The average molecular weight is 419 g/mol. The van der Waals surface area contributed by atoms with E-state index in [0.717, 1.165) is 60.5 Å². The van der Waals surface area contributed by atoms with Gasteiger partial charge in [0, 0.05) is 47.7 Å². The van der Waals surface area contributed by atoms with Crippen molar-refractivity contribution in [2.75, 3.05) is 18.4 Å². The largest absolute Gasteiger partial charge is 0.331 e. The quantitative estimate of drug-likeness (QED) is 0.480. The first-order valence-corrected chi connectivity index (χ1v) is 11.4. The molecule has 6 nitrogen and oxygen atoms in total. The fraction of sp³-hybridized carbons (Fsp3) is 0.348. The molecule has 1 aromatic carbocycles. The van der Waals surface area contributed by atoms with Crippen LogP contribution in [-0.4, -0.2) is 37.5 Å². The highest BCUT2D eigenvalue weighted by atomic mass is 32.1. The molecule has 0 spiro atoms. The Morgan fingerprint density at radius 3 is 2.93 bits per heavy atom. The van der Waals surface area contributed by atoms with Gasteiger partial charge in [0.05, 0.1) is 17.6 Å². The minimum atomic E-state index is 0.446. The number of pyridine rings is 1. The van der Waals surface area contributed by atoms with Gasteiger partial charge in [-0.3, -0.25) is 9.88 Å². The lowest BCUT2D eigenvalue weighted by atomic mass is 10.0. The molecule has 1 unspecified atom stereocenters. The van der Waals surface area contributed by atoms with Crippen LogP contribution in [0.25, 0.3) is 11.0 Å². The number of imidazole rings is 1. The molecule has 0 bridgehead atoms. The van der Waals surface area contributed by atoms with Gasteiger partial charge in [-0.15, -0.1) is 11.3 Å². The molecule has 30 heavy (non-hydrogen) atoms. The smallest absolute Gasteiger partial charge is 0.187 e. The number of rotatable bonds is 6. The summed E-state index contributed by atoms with van der Waals surface area (Å²) in [6, 6.07) is 12.7. The molecule has 1 fully saturated rings. The molecule has 4 heterocycles. The zero-order valence-electron chi connectivity index (χ0n) is 17.4. The zero-order chi connectivity index (χ0) is 20.5. The lowest BCUT2D eigenvalue weighted by Crippen LogP contribution is -2.22. The number of likely N-dealkylation sites (tertiary alicyclic amines) is 1. The van der Waals surface area contributed by atoms with Crippen LogP contribution in [0.2, 0.25) is 0 Å². The fourth-order valence-corrected chi connectivity index (χ4v) is 4.95. The monoisotopic (exact) mass is 418 g/mol. The molecule has 7 heteroatoms. The predicted octanol–water partition coefficient (Wildman–Crippen LogP) is 4.95. The maximum absolute atomic E-state index is 4.90. The SMILES string of the molecule is CCn1c(CN2CCC(c3cc(Nc4nccs4)cc(C)n3)C2)nc2ccccc21. The van der Waals surface area contributed by atoms with Gasteiger partial charge in [0.2, 0.25) is 0 Å². The van der Waals surface area contributed by atoms with Crippen LogP contribution in [0.5, 0.6) is 0 Å². The summed E-state index contributed by atoms with van der Waals surface area (Å²) in [6.45, 7) is 8.17. The molecule has 0 aliphatic carbocycles. The number of para-hydroxylation sites is 2. The van der Waals surface area contributed by atoms with Crippen LogP contribution in [0.15, 0.2) is 48.0 Å². The Bertz CT molecular complexity index is 1150. The van der Waals surface area contributed by atoms with Gasteiger partial charge in [-0.05, 0) is 51.1 Å². The molecule has 0 saturated carbocycles. The number of anilines is 2. The van der Waals surface area contributed by atoms with Gasteiger partial charge < -0.3 is 9.88 Å². The zero-order valence-corrected chi connectivity index (χ0v) is 18.2. The molecule has 1 aliphatic heterocycles. The van der Waals surface area contributed by atoms with Crippen molar-refractivity contribution in [3.05, 3.63) is 65.2 Å². The van der Waals surface area contributed by atoms with Crippen molar-refractivity contribution in [2.24, 2.45) is 0 Å². The summed E-state index contributed by atoms with van der Waals surface area (Å²) >= 11 is 1.61. The molecular formula is C23H26N6S. The number of nitrogens with one attached hydrogen (secondary N) is 1. The number of hydrogen-bond acceptors (Lipinski definition) is 6. The Morgan fingerprint density at radius 1 is 1.20 bits per heavy atom. The molecule has 5 rings (SSSR count). The average Bonchev–Trinajstić information content (AvgIpc) is 3.47. The van der Waals surface area contributed by atoms with Gasteiger partial charge in [0.15, 0.2) is 5.13 Å². The Balaban J connectivity index is 1.32. The standard InChI is InChI=1S/C23H26N6S/c1-3-29-21-7-5-4-6-19(21)27-22(29)15-28-10-8-17(14-28)20-13-18(12-16(2)25-20)26-23-24-9-11-30-23/h4-7,9,11-13,17H,3,8,10,14-15H2,1-2H3,(H,24,25,26). The summed E-state index contributed by atoms with van der Waals surface area (Å²) < 4.78 is 2.34. The van der Waals surface area contributed by atoms with E-state index in [1.165, 1.54) is 11.2 Å². The summed E-state index contributed by atoms with van der Waals surface area (Å²) in [5.41, 5.74) is 5.59. The summed E-state index contributed by atoms with van der Waals surface area (Å²) in [6.07, 6.45) is 2.94. The van der Waals surface area contributed by atoms with Crippen molar-refractivity contribution in [2.45, 2.75) is 39.3 Å². The second-order valence-electron chi connectivity index (χ2n) is 7.87. The van der Waals surface area contributed by atoms with E-state index in [1.54, 1.807) is 11.3 Å². The Labute approximate surface area is 180 Å². The van der Waals surface area contributed by atoms with Crippen molar-refractivity contribution in [3.8, 4) is 0 Å². The minimum absolute atomic E-state index is 0.446. The Hall–Kier alpha value is -2.77. The highest BCUT2D eigenvalue weighted by molar-refractivity contribution is 7.13. The molecule has 4 aromatic rings. The van der Waals surface area contributed by atoms with Crippen LogP contribution in [0, 0.1) is 6.92 Å². The number of aryl methyl sites for hydroxylation is 2.